The average molecular weight is 159 g/mol. The van der Waals surface area contributed by atoms with Gasteiger partial charge in [0.2, 0.25) is 9.04 Å². The van der Waals surface area contributed by atoms with Gasteiger partial charge in [0.25, 0.3) is 0 Å². The van der Waals surface area contributed by atoms with Gasteiger partial charge in [-0.1, -0.05) is 41.5 Å². The fraction of sp³-hybridized carbons (Fsp3) is 1.00. The zero-order valence-corrected chi connectivity index (χ0v) is 8.95. The Morgan fingerprint density at radius 1 is 0.800 bits per heavy atom. The van der Waals surface area contributed by atoms with Crippen LogP contribution < -0.4 is 0 Å². The molecule has 1 radical (unpaired) electrons. The van der Waals surface area contributed by atoms with Gasteiger partial charge in [-0.25, -0.2) is 0 Å². The number of hydrogen-bond acceptors (Lipinski definition) is 1. The molecule has 61 valence electrons. The third-order valence-corrected chi connectivity index (χ3v) is 4.26. The molecule has 0 saturated carbocycles. The summed E-state index contributed by atoms with van der Waals surface area (Å²) in [6.07, 6.45) is 0. The zero-order valence-electron chi connectivity index (χ0n) is 7.95. The van der Waals surface area contributed by atoms with E-state index >= 15 is 0 Å². The van der Waals surface area contributed by atoms with Crippen LogP contribution in [0, 0.1) is 0 Å². The van der Waals surface area contributed by atoms with Crippen molar-refractivity contribution in [1.29, 1.82) is 0 Å². The average Bonchev–Trinajstić information content (AvgIpc) is 1.59. The Balaban J connectivity index is 4.23. The standard InChI is InChI=1S/C8H19OSi/c1-7(2,3)10(9)8(4,5)6/h9H,1-6H3. The van der Waals surface area contributed by atoms with E-state index in [0.29, 0.717) is 0 Å². The molecule has 0 aromatic heterocycles. The van der Waals surface area contributed by atoms with Crippen LogP contribution in [0.4, 0.5) is 0 Å². The summed E-state index contributed by atoms with van der Waals surface area (Å²) in [7, 11) is -1.22. The molecule has 0 amide bonds. The predicted octanol–water partition coefficient (Wildman–Crippen LogP) is 2.57. The van der Waals surface area contributed by atoms with E-state index in [1.165, 1.54) is 0 Å². The summed E-state index contributed by atoms with van der Waals surface area (Å²) in [6.45, 7) is 12.6. The Hall–Kier alpha value is 0.177. The van der Waals surface area contributed by atoms with Gasteiger partial charge in [0, 0.05) is 0 Å². The van der Waals surface area contributed by atoms with Crippen LogP contribution in [0.3, 0.4) is 0 Å². The topological polar surface area (TPSA) is 20.2 Å². The lowest BCUT2D eigenvalue weighted by molar-refractivity contribution is 0.456. The third-order valence-electron chi connectivity index (χ3n) is 1.42. The third kappa shape index (κ3) is 2.84. The highest BCUT2D eigenvalue weighted by atomic mass is 28.3. The van der Waals surface area contributed by atoms with Crippen molar-refractivity contribution in [1.82, 2.24) is 0 Å². The van der Waals surface area contributed by atoms with E-state index in [4.69, 9.17) is 0 Å². The molecule has 1 nitrogen and oxygen atoms in total. The van der Waals surface area contributed by atoms with Crippen LogP contribution in [0.25, 0.3) is 0 Å². The lowest BCUT2D eigenvalue weighted by Gasteiger charge is -2.33. The van der Waals surface area contributed by atoms with Gasteiger partial charge in [-0.2, -0.15) is 0 Å². The molecule has 0 atom stereocenters. The molecule has 0 bridgehead atoms. The maximum absolute atomic E-state index is 9.82. The van der Waals surface area contributed by atoms with Gasteiger partial charge in [0.1, 0.15) is 0 Å². The first-order valence-electron chi connectivity index (χ1n) is 3.72. The molecule has 0 fully saturated rings. The van der Waals surface area contributed by atoms with Crippen molar-refractivity contribution >= 4 is 9.04 Å². The van der Waals surface area contributed by atoms with E-state index in [0.717, 1.165) is 0 Å². The lowest BCUT2D eigenvalue weighted by Crippen LogP contribution is -2.34. The van der Waals surface area contributed by atoms with Gasteiger partial charge in [-0.15, -0.1) is 0 Å². The van der Waals surface area contributed by atoms with Crippen LogP contribution in [-0.4, -0.2) is 13.8 Å². The molecule has 0 saturated heterocycles. The van der Waals surface area contributed by atoms with Gasteiger partial charge >= 0.3 is 0 Å². The summed E-state index contributed by atoms with van der Waals surface area (Å²) in [6, 6.07) is 0. The van der Waals surface area contributed by atoms with Crippen molar-refractivity contribution in [2.45, 2.75) is 51.6 Å². The largest absolute Gasteiger partial charge is 0.430 e. The Morgan fingerprint density at radius 3 is 1.00 bits per heavy atom. The Morgan fingerprint density at radius 2 is 1.00 bits per heavy atom. The SMILES string of the molecule is CC(C)(C)[Si](O)C(C)(C)C. The molecular formula is C8H19OSi. The summed E-state index contributed by atoms with van der Waals surface area (Å²) < 4.78 is 0. The molecular weight excluding hydrogens is 140 g/mol. The predicted molar refractivity (Wildman–Crippen MR) is 47.4 cm³/mol. The van der Waals surface area contributed by atoms with Gasteiger partial charge in [0.15, 0.2) is 0 Å². The van der Waals surface area contributed by atoms with Crippen molar-refractivity contribution in [3.63, 3.8) is 0 Å². The summed E-state index contributed by atoms with van der Waals surface area (Å²) in [5.41, 5.74) is 0. The van der Waals surface area contributed by atoms with E-state index in [1.807, 2.05) is 0 Å². The molecule has 0 heterocycles. The molecule has 0 aromatic carbocycles. The Bertz CT molecular complexity index is 93.4. The second-order valence-electron chi connectivity index (χ2n) is 4.85. The van der Waals surface area contributed by atoms with Crippen LogP contribution in [0.5, 0.6) is 0 Å². The van der Waals surface area contributed by atoms with Crippen LogP contribution >= 0.6 is 0 Å². The maximum Gasteiger partial charge on any atom is 0.218 e. The number of rotatable bonds is 0. The second kappa shape index (κ2) is 2.66. The van der Waals surface area contributed by atoms with Crippen molar-refractivity contribution in [2.75, 3.05) is 0 Å². The first kappa shape index (κ1) is 10.2. The van der Waals surface area contributed by atoms with E-state index < -0.39 is 9.04 Å². The van der Waals surface area contributed by atoms with E-state index in [2.05, 4.69) is 41.5 Å². The molecule has 0 unspecified atom stereocenters. The molecule has 0 aliphatic heterocycles. The minimum absolute atomic E-state index is 0.100. The van der Waals surface area contributed by atoms with Crippen LogP contribution in [0.2, 0.25) is 10.1 Å². The second-order valence-corrected chi connectivity index (χ2v) is 8.55. The quantitative estimate of drug-likeness (QED) is 0.539. The molecule has 10 heavy (non-hydrogen) atoms. The fourth-order valence-electron chi connectivity index (χ4n) is 1.12. The molecule has 2 heteroatoms. The number of hydrogen-bond donors (Lipinski definition) is 1. The van der Waals surface area contributed by atoms with Gasteiger partial charge in [0.05, 0.1) is 0 Å². The first-order valence-corrected chi connectivity index (χ1v) is 5.17. The summed E-state index contributed by atoms with van der Waals surface area (Å²) in [5.74, 6) is 0. The molecule has 0 spiro atoms. The highest BCUT2D eigenvalue weighted by Crippen LogP contribution is 2.39. The molecule has 0 aromatic rings. The van der Waals surface area contributed by atoms with Crippen LogP contribution in [-0.2, 0) is 0 Å². The highest BCUT2D eigenvalue weighted by molar-refractivity contribution is 6.57. The Kier molecular flexibility index (Phi) is 2.71. The molecule has 1 N–H and O–H groups in total. The first-order chi connectivity index (χ1) is 4.15. The van der Waals surface area contributed by atoms with Crippen LogP contribution in [0.1, 0.15) is 41.5 Å². The normalized spacial score (nSPS) is 14.4. The highest BCUT2D eigenvalue weighted by Gasteiger charge is 2.36. The van der Waals surface area contributed by atoms with Crippen molar-refractivity contribution in [3.05, 3.63) is 0 Å². The Labute approximate surface area is 66.2 Å². The van der Waals surface area contributed by atoms with E-state index in [1.54, 1.807) is 0 Å². The maximum atomic E-state index is 9.82. The van der Waals surface area contributed by atoms with Crippen LogP contribution in [0.15, 0.2) is 0 Å². The molecule has 0 rings (SSSR count). The zero-order chi connectivity index (χ0) is 8.58. The monoisotopic (exact) mass is 159 g/mol. The van der Waals surface area contributed by atoms with Crippen molar-refractivity contribution < 1.29 is 4.80 Å². The summed E-state index contributed by atoms with van der Waals surface area (Å²) in [5, 5.41) is 0.200. The lowest BCUT2D eigenvalue weighted by atomic mass is 10.2. The summed E-state index contributed by atoms with van der Waals surface area (Å²) >= 11 is 0. The fourth-order valence-corrected chi connectivity index (χ4v) is 3.38. The summed E-state index contributed by atoms with van der Waals surface area (Å²) in [4.78, 5) is 9.82. The van der Waals surface area contributed by atoms with Crippen molar-refractivity contribution in [3.8, 4) is 0 Å². The minimum atomic E-state index is -1.22. The molecule has 0 aliphatic rings. The van der Waals surface area contributed by atoms with Gasteiger partial charge in [-0.05, 0) is 10.1 Å². The van der Waals surface area contributed by atoms with E-state index in [-0.39, 0.29) is 10.1 Å². The van der Waals surface area contributed by atoms with Gasteiger partial charge in [-0.3, -0.25) is 0 Å². The smallest absolute Gasteiger partial charge is 0.218 e. The van der Waals surface area contributed by atoms with Gasteiger partial charge < -0.3 is 4.80 Å². The molecule has 0 aliphatic carbocycles. The van der Waals surface area contributed by atoms with Crippen molar-refractivity contribution in [2.24, 2.45) is 0 Å². The minimum Gasteiger partial charge on any atom is -0.430 e. The van der Waals surface area contributed by atoms with E-state index in [9.17, 15) is 4.80 Å².